The zero-order valence-electron chi connectivity index (χ0n) is 42.8. The quantitative estimate of drug-likeness (QED) is 0.0280. The van der Waals surface area contributed by atoms with Crippen LogP contribution in [0.1, 0.15) is 56.6 Å². The van der Waals surface area contributed by atoms with Gasteiger partial charge in [0, 0.05) is 71.4 Å². The molecule has 2 unspecified atom stereocenters. The van der Waals surface area contributed by atoms with E-state index < -0.39 is 6.10 Å². The summed E-state index contributed by atoms with van der Waals surface area (Å²) in [4.78, 5) is 29.1. The van der Waals surface area contributed by atoms with E-state index in [1.807, 2.05) is 78.9 Å². The van der Waals surface area contributed by atoms with Crippen LogP contribution in [-0.4, -0.2) is 115 Å². The number of nitrogens with zero attached hydrogens (tertiary/aromatic N) is 2. The van der Waals surface area contributed by atoms with E-state index in [0.29, 0.717) is 86.7 Å². The van der Waals surface area contributed by atoms with Gasteiger partial charge in [-0.25, -0.2) is 10.9 Å². The number of halogens is 2. The molecular formula is C58H64Cl2N8O9. The number of ether oxygens (including phenoxy) is 5. The van der Waals surface area contributed by atoms with E-state index in [-0.39, 0.29) is 31.1 Å². The Morgan fingerprint density at radius 2 is 1.16 bits per heavy atom. The molecular weight excluding hydrogens is 1020 g/mol. The number of epoxide rings is 1. The highest BCUT2D eigenvalue weighted by atomic mass is 35.5. The Morgan fingerprint density at radius 3 is 1.64 bits per heavy atom. The third kappa shape index (κ3) is 15.7. The minimum atomic E-state index is -0.643. The molecule has 8 aromatic rings. The Hall–Kier alpha value is -7.22. The molecule has 2 amide bonds. The number of aliphatic hydroxyl groups excluding tert-OH is 2. The van der Waals surface area contributed by atoms with Crippen molar-refractivity contribution in [1.82, 2.24) is 26.1 Å². The van der Waals surface area contributed by atoms with Crippen LogP contribution in [0, 0.1) is 0 Å². The van der Waals surface area contributed by atoms with Gasteiger partial charge in [0.05, 0.1) is 52.3 Å². The first-order chi connectivity index (χ1) is 37.6. The highest BCUT2D eigenvalue weighted by Crippen LogP contribution is 2.35. The lowest BCUT2D eigenvalue weighted by Crippen LogP contribution is -2.32. The molecule has 77 heavy (non-hydrogen) atoms. The Labute approximate surface area is 456 Å². The van der Waals surface area contributed by atoms with Crippen LogP contribution in [0.3, 0.4) is 0 Å². The van der Waals surface area contributed by atoms with Crippen LogP contribution >= 0.6 is 23.2 Å². The van der Waals surface area contributed by atoms with E-state index in [9.17, 15) is 14.7 Å². The topological polar surface area (TPSA) is 242 Å². The fraction of sp³-hybridized carbons (Fsp3) is 0.310. The molecule has 6 aromatic carbocycles. The number of amides is 2. The molecule has 17 nitrogen and oxygen atoms in total. The number of aromatic amines is 2. The summed E-state index contributed by atoms with van der Waals surface area (Å²) in [5.41, 5.74) is 18.1. The van der Waals surface area contributed by atoms with Crippen molar-refractivity contribution in [3.63, 3.8) is 0 Å². The predicted octanol–water partition coefficient (Wildman–Crippen LogP) is 9.17. The van der Waals surface area contributed by atoms with Crippen molar-refractivity contribution in [1.29, 1.82) is 0 Å². The van der Waals surface area contributed by atoms with Gasteiger partial charge < -0.3 is 54.9 Å². The molecule has 1 saturated heterocycles. The molecule has 3 aliphatic heterocycles. The summed E-state index contributed by atoms with van der Waals surface area (Å²) in [6.45, 7) is 6.30. The summed E-state index contributed by atoms with van der Waals surface area (Å²) in [5, 5.41) is 34.9. The number of hydrogen-bond acceptors (Lipinski definition) is 13. The minimum absolute atomic E-state index is 0.0587. The first-order valence-electron chi connectivity index (χ1n) is 25.7. The molecule has 0 bridgehead atoms. The molecule has 2 atom stereocenters. The Balaban J connectivity index is 0.000000164. The summed E-state index contributed by atoms with van der Waals surface area (Å²) >= 11 is 12.5. The second-order valence-electron chi connectivity index (χ2n) is 18.1. The number of nitrogens with two attached hydrogens (primary N) is 1. The molecule has 9 N–H and O–H groups in total. The van der Waals surface area contributed by atoms with Crippen LogP contribution in [0.2, 0.25) is 10.0 Å². The zero-order valence-corrected chi connectivity index (χ0v) is 44.3. The number of hydrogen-bond donors (Lipinski definition) is 8. The number of benzene rings is 6. The molecule has 404 valence electrons. The molecule has 11 rings (SSSR count). The molecule has 5 heterocycles. The van der Waals surface area contributed by atoms with Gasteiger partial charge >= 0.3 is 0 Å². The first-order valence-corrected chi connectivity index (χ1v) is 26.5. The van der Waals surface area contributed by atoms with Crippen LogP contribution in [0.4, 0.5) is 0 Å². The molecule has 1 fully saturated rings. The summed E-state index contributed by atoms with van der Waals surface area (Å²) in [6.07, 6.45) is 3.25. The van der Waals surface area contributed by atoms with Gasteiger partial charge in [-0.15, -0.1) is 0 Å². The second-order valence-corrected chi connectivity index (χ2v) is 18.9. The minimum Gasteiger partial charge on any atom is -0.492 e. The number of para-hydroxylation sites is 2. The molecule has 0 spiro atoms. The van der Waals surface area contributed by atoms with Gasteiger partial charge in [-0.3, -0.25) is 9.59 Å². The molecule has 0 radical (unpaired) electrons. The third-order valence-electron chi connectivity index (χ3n) is 12.3. The third-order valence-corrected chi connectivity index (χ3v) is 12.9. The molecule has 3 aliphatic rings. The van der Waals surface area contributed by atoms with E-state index >= 15 is 0 Å². The van der Waals surface area contributed by atoms with Crippen molar-refractivity contribution in [2.45, 2.75) is 57.7 Å². The van der Waals surface area contributed by atoms with Crippen LogP contribution in [-0.2, 0) is 14.3 Å². The first kappa shape index (κ1) is 56.0. The second kappa shape index (κ2) is 28.2. The Morgan fingerprint density at radius 1 is 0.662 bits per heavy atom. The van der Waals surface area contributed by atoms with Crippen molar-refractivity contribution in [3.8, 4) is 23.0 Å². The Bertz CT molecular complexity index is 3320. The number of carbonyl (C=O) groups excluding carboxylic acids is 2. The van der Waals surface area contributed by atoms with Crippen molar-refractivity contribution in [3.05, 3.63) is 142 Å². The van der Waals surface area contributed by atoms with Gasteiger partial charge in [-0.05, 0) is 117 Å². The Kier molecular flexibility index (Phi) is 20.5. The SMILES string of the molecule is CCO.NCCCOc1ccc(C2=NNC(=O)CC2)cc1Cl.O=C1CCC(c2ccc(OCCCNCC(O)COc3cccc4[nH]c5ccccc5c34)c(Cl)c2)=NN1.c1ccc2c(c1)[nH]c1cccc(OCC3CO3)c12. The van der Waals surface area contributed by atoms with Crippen LogP contribution in [0.15, 0.2) is 132 Å². The number of rotatable bonds is 19. The number of H-pyrrole nitrogens is 2. The van der Waals surface area contributed by atoms with E-state index in [4.69, 9.17) is 57.7 Å². The van der Waals surface area contributed by atoms with E-state index in [1.54, 1.807) is 19.1 Å². The van der Waals surface area contributed by atoms with Crippen molar-refractivity contribution in [2.24, 2.45) is 15.9 Å². The van der Waals surface area contributed by atoms with Gasteiger partial charge in [0.2, 0.25) is 11.8 Å². The monoisotopic (exact) mass is 1090 g/mol. The van der Waals surface area contributed by atoms with E-state index in [1.165, 1.54) is 5.39 Å². The number of aliphatic hydroxyl groups is 2. The van der Waals surface area contributed by atoms with Gasteiger partial charge in [0.1, 0.15) is 48.4 Å². The predicted molar refractivity (Wildman–Crippen MR) is 304 cm³/mol. The highest BCUT2D eigenvalue weighted by Gasteiger charge is 2.24. The maximum absolute atomic E-state index is 11.3. The average Bonchev–Trinajstić information content (AvgIpc) is 4.09. The van der Waals surface area contributed by atoms with E-state index in [0.717, 1.165) is 91.7 Å². The van der Waals surface area contributed by atoms with Crippen LogP contribution in [0.25, 0.3) is 43.6 Å². The lowest BCUT2D eigenvalue weighted by atomic mass is 10.0. The highest BCUT2D eigenvalue weighted by molar-refractivity contribution is 6.33. The number of nitrogens with one attached hydrogen (secondary N) is 5. The van der Waals surface area contributed by atoms with Gasteiger partial charge in [0.25, 0.3) is 0 Å². The van der Waals surface area contributed by atoms with Crippen molar-refractivity contribution in [2.75, 3.05) is 59.3 Å². The molecule has 0 saturated carbocycles. The van der Waals surface area contributed by atoms with Crippen LogP contribution in [0.5, 0.6) is 23.0 Å². The maximum atomic E-state index is 11.3. The largest absolute Gasteiger partial charge is 0.492 e. The normalized spacial score (nSPS) is 15.1. The average molecular weight is 1090 g/mol. The zero-order chi connectivity index (χ0) is 53.9. The molecule has 0 aliphatic carbocycles. The number of fused-ring (bicyclic) bond motifs is 6. The number of hydrazone groups is 2. The van der Waals surface area contributed by atoms with Gasteiger partial charge in [-0.1, -0.05) is 71.7 Å². The summed E-state index contributed by atoms with van der Waals surface area (Å²) < 4.78 is 28.3. The lowest BCUT2D eigenvalue weighted by Gasteiger charge is -2.15. The van der Waals surface area contributed by atoms with E-state index in [2.05, 4.69) is 66.7 Å². The summed E-state index contributed by atoms with van der Waals surface area (Å²) in [6, 6.07) is 39.4. The van der Waals surface area contributed by atoms with Gasteiger partial charge in [0.15, 0.2) is 0 Å². The van der Waals surface area contributed by atoms with Crippen molar-refractivity contribution < 1.29 is 43.5 Å². The maximum Gasteiger partial charge on any atom is 0.240 e. The fourth-order valence-electron chi connectivity index (χ4n) is 8.44. The number of aromatic nitrogens is 2. The fourth-order valence-corrected chi connectivity index (χ4v) is 8.91. The number of carbonyl (C=O) groups is 2. The standard InChI is InChI=1S/C28H29ClN4O4.C15H13NO2.C13H16ClN3O2.C2H6O/c29-21-15-18(22-10-12-27(35)33-32-22)9-11-25(21)36-14-4-13-30-16-19(34)17-37-26-8-3-7-24-28(26)20-5-1-2-6-23(20)31-24;1-2-5-12-11(4-1)15-13(16-12)6-3-7-14(15)18-9-10-8-17-10;14-10-8-9(11-3-5-13(18)17-16-11)2-4-12(10)19-7-1-6-15;1-2-3/h1-3,5-9,11,15,19,30-31,34H,4,10,12-14,16-17H2,(H,33,35);1-7,10,16H,8-9H2;2,4,8H,1,3,5-7,15H2,(H,17,18);3H,2H2,1H3. The van der Waals surface area contributed by atoms with Gasteiger partial charge in [-0.2, -0.15) is 10.2 Å². The smallest absolute Gasteiger partial charge is 0.240 e. The van der Waals surface area contributed by atoms with Crippen LogP contribution < -0.4 is 40.8 Å². The van der Waals surface area contributed by atoms with Crippen molar-refractivity contribution >= 4 is 90.1 Å². The summed E-state index contributed by atoms with van der Waals surface area (Å²) in [7, 11) is 0. The molecule has 2 aromatic heterocycles. The lowest BCUT2D eigenvalue weighted by molar-refractivity contribution is -0.122. The summed E-state index contributed by atoms with van der Waals surface area (Å²) in [5.74, 6) is 2.79. The molecule has 19 heteroatoms.